The second-order valence-corrected chi connectivity index (χ2v) is 10.8. The van der Waals surface area contributed by atoms with Gasteiger partial charge in [0.15, 0.2) is 11.5 Å². The van der Waals surface area contributed by atoms with Gasteiger partial charge in [-0.1, -0.05) is 13.0 Å². The van der Waals surface area contributed by atoms with Gasteiger partial charge in [0.05, 0.1) is 12.9 Å². The van der Waals surface area contributed by atoms with Gasteiger partial charge in [-0.05, 0) is 66.0 Å². The highest BCUT2D eigenvalue weighted by molar-refractivity contribution is 7.13. The first-order valence-corrected chi connectivity index (χ1v) is 13.3. The molecule has 1 aliphatic heterocycles. The first-order valence-electron chi connectivity index (χ1n) is 12.4. The highest BCUT2D eigenvalue weighted by Gasteiger charge is 2.43. The van der Waals surface area contributed by atoms with Crippen molar-refractivity contribution in [2.24, 2.45) is 5.73 Å². The Labute approximate surface area is 213 Å². The van der Waals surface area contributed by atoms with Crippen LogP contribution in [0.25, 0.3) is 21.6 Å². The number of imidazole rings is 1. The molecule has 186 valence electrons. The Morgan fingerprint density at radius 3 is 2.89 bits per heavy atom. The number of thiophene rings is 1. The average Bonchev–Trinajstić information content (AvgIpc) is 3.26. The number of aromatic nitrogens is 4. The van der Waals surface area contributed by atoms with E-state index in [0.29, 0.717) is 42.5 Å². The topological polar surface area (TPSA) is 128 Å². The summed E-state index contributed by atoms with van der Waals surface area (Å²) in [7, 11) is 0. The summed E-state index contributed by atoms with van der Waals surface area (Å²) in [6, 6.07) is 9.03. The first-order chi connectivity index (χ1) is 17.4. The lowest BCUT2D eigenvalue weighted by atomic mass is 9.97. The molecule has 6 rings (SSSR count). The van der Waals surface area contributed by atoms with Gasteiger partial charge in [-0.2, -0.15) is 0 Å². The van der Waals surface area contributed by atoms with Crippen molar-refractivity contribution in [1.29, 1.82) is 0 Å². The van der Waals surface area contributed by atoms with Crippen molar-refractivity contribution in [1.82, 2.24) is 24.8 Å². The molecule has 9 nitrogen and oxygen atoms in total. The maximum absolute atomic E-state index is 13.0. The molecule has 1 saturated heterocycles. The Morgan fingerprint density at radius 2 is 2.14 bits per heavy atom. The predicted molar refractivity (Wildman–Crippen MR) is 143 cm³/mol. The number of nitrogens with one attached hydrogen (secondary N) is 1. The van der Waals surface area contributed by atoms with Gasteiger partial charge in [-0.25, -0.2) is 15.0 Å². The highest BCUT2D eigenvalue weighted by Crippen LogP contribution is 2.37. The number of rotatable bonds is 7. The molecule has 36 heavy (non-hydrogen) atoms. The molecule has 10 heteroatoms. The Morgan fingerprint density at radius 1 is 1.28 bits per heavy atom. The van der Waals surface area contributed by atoms with Crippen LogP contribution in [0.2, 0.25) is 0 Å². The van der Waals surface area contributed by atoms with Crippen LogP contribution in [-0.4, -0.2) is 50.1 Å². The quantitative estimate of drug-likeness (QED) is 0.354. The summed E-state index contributed by atoms with van der Waals surface area (Å²) in [5.74, 6) is 0.337. The fraction of sp³-hybridized carbons (Fsp3) is 0.385. The highest BCUT2D eigenvalue weighted by atomic mass is 32.1. The molecule has 3 aromatic heterocycles. The van der Waals surface area contributed by atoms with Gasteiger partial charge < -0.3 is 26.3 Å². The van der Waals surface area contributed by atoms with Crippen LogP contribution in [0.1, 0.15) is 37.3 Å². The second kappa shape index (κ2) is 8.86. The fourth-order valence-corrected chi connectivity index (χ4v) is 5.76. The molecule has 4 aromatic rings. The molecule has 0 radical (unpaired) electrons. The summed E-state index contributed by atoms with van der Waals surface area (Å²) in [5.41, 5.74) is 17.8. The summed E-state index contributed by atoms with van der Waals surface area (Å²) >= 11 is 1.73. The van der Waals surface area contributed by atoms with E-state index in [9.17, 15) is 4.79 Å². The number of nitrogens with two attached hydrogens (primary N) is 2. The summed E-state index contributed by atoms with van der Waals surface area (Å²) in [5, 5.41) is 5.21. The lowest BCUT2D eigenvalue weighted by Crippen LogP contribution is -2.56. The summed E-state index contributed by atoms with van der Waals surface area (Å²) in [4.78, 5) is 29.5. The van der Waals surface area contributed by atoms with Gasteiger partial charge in [0.25, 0.3) is 0 Å². The Balaban J connectivity index is 1.41. The minimum atomic E-state index is -0.894. The van der Waals surface area contributed by atoms with Crippen molar-refractivity contribution in [3.63, 3.8) is 0 Å². The van der Waals surface area contributed by atoms with Crippen molar-refractivity contribution in [2.45, 2.75) is 50.7 Å². The third-order valence-corrected chi connectivity index (χ3v) is 8.19. The van der Waals surface area contributed by atoms with E-state index in [1.807, 2.05) is 4.57 Å². The standard InChI is InChI=1S/C26H30N8OS/c1-2-16-10-17(21-4-3-9-36-21)11-20(33-8-7-26(28,13-33)25(35)32-18-5-6-18)19(16)12-34-15-31-22-23(27)29-14-30-24(22)34/h3-4,9-11,14-15,18H,2,5-8,12-13,28H2,1H3,(H,32,35)(H2,27,29,30). The van der Waals surface area contributed by atoms with Crippen LogP contribution < -0.4 is 21.7 Å². The van der Waals surface area contributed by atoms with Crippen LogP contribution >= 0.6 is 11.3 Å². The fourth-order valence-electron chi connectivity index (χ4n) is 5.05. The van der Waals surface area contributed by atoms with E-state index in [-0.39, 0.29) is 5.91 Å². The van der Waals surface area contributed by atoms with Gasteiger partial charge in [0.1, 0.15) is 17.4 Å². The third-order valence-electron chi connectivity index (χ3n) is 7.27. The van der Waals surface area contributed by atoms with Crippen molar-refractivity contribution in [3.8, 4) is 10.4 Å². The number of hydrogen-bond acceptors (Lipinski definition) is 8. The number of fused-ring (bicyclic) bond motifs is 1. The van der Waals surface area contributed by atoms with Crippen LogP contribution in [0.5, 0.6) is 0 Å². The van der Waals surface area contributed by atoms with Gasteiger partial charge in [-0.3, -0.25) is 4.79 Å². The van der Waals surface area contributed by atoms with Crippen molar-refractivity contribution in [3.05, 3.63) is 53.4 Å². The van der Waals surface area contributed by atoms with Crippen molar-refractivity contribution in [2.75, 3.05) is 23.7 Å². The molecule has 1 unspecified atom stereocenters. The van der Waals surface area contributed by atoms with Crippen LogP contribution in [-0.2, 0) is 17.8 Å². The molecular formula is C26H30N8OS. The number of nitrogens with zero attached hydrogens (tertiary/aromatic N) is 5. The van der Waals surface area contributed by atoms with Gasteiger partial charge in [-0.15, -0.1) is 11.3 Å². The minimum Gasteiger partial charge on any atom is -0.382 e. The average molecular weight is 503 g/mol. The molecule has 1 aromatic carbocycles. The molecule has 4 heterocycles. The van der Waals surface area contributed by atoms with E-state index in [2.05, 4.69) is 61.7 Å². The van der Waals surface area contributed by atoms with E-state index < -0.39 is 5.54 Å². The Hall–Kier alpha value is -3.50. The normalized spacial score (nSPS) is 19.8. The maximum atomic E-state index is 13.0. The maximum Gasteiger partial charge on any atom is 0.242 e. The molecule has 2 aliphatic rings. The van der Waals surface area contributed by atoms with Gasteiger partial charge in [0.2, 0.25) is 5.91 Å². The van der Waals surface area contributed by atoms with Gasteiger partial charge >= 0.3 is 0 Å². The smallest absolute Gasteiger partial charge is 0.242 e. The molecule has 5 N–H and O–H groups in total. The Kier molecular flexibility index (Phi) is 5.65. The zero-order valence-corrected chi connectivity index (χ0v) is 21.1. The lowest BCUT2D eigenvalue weighted by molar-refractivity contribution is -0.125. The first kappa shape index (κ1) is 22.9. The Bertz CT molecular complexity index is 1430. The van der Waals surface area contributed by atoms with Crippen LogP contribution in [0.3, 0.4) is 0 Å². The molecule has 0 bridgehead atoms. The number of hydrogen-bond donors (Lipinski definition) is 3. The van der Waals surface area contributed by atoms with Crippen molar-refractivity contribution < 1.29 is 4.79 Å². The van der Waals surface area contributed by atoms with E-state index in [4.69, 9.17) is 11.5 Å². The van der Waals surface area contributed by atoms with Crippen LogP contribution in [0.4, 0.5) is 11.5 Å². The predicted octanol–water partition coefficient (Wildman–Crippen LogP) is 2.93. The van der Waals surface area contributed by atoms with E-state index in [0.717, 1.165) is 31.5 Å². The lowest BCUT2D eigenvalue weighted by Gasteiger charge is -2.28. The summed E-state index contributed by atoms with van der Waals surface area (Å²) in [6.07, 6.45) is 6.82. The van der Waals surface area contributed by atoms with Crippen LogP contribution in [0, 0.1) is 0 Å². The summed E-state index contributed by atoms with van der Waals surface area (Å²) in [6.45, 7) is 3.96. The van der Waals surface area contributed by atoms with E-state index >= 15 is 0 Å². The zero-order valence-electron chi connectivity index (χ0n) is 20.3. The van der Waals surface area contributed by atoms with E-state index in [1.54, 1.807) is 17.7 Å². The number of nitrogen functional groups attached to an aromatic ring is 1. The van der Waals surface area contributed by atoms with Gasteiger partial charge in [0, 0.05) is 29.7 Å². The monoisotopic (exact) mass is 502 g/mol. The molecular weight excluding hydrogens is 472 g/mol. The summed E-state index contributed by atoms with van der Waals surface area (Å²) < 4.78 is 2.02. The number of aryl methyl sites for hydroxylation is 1. The number of amides is 1. The minimum absolute atomic E-state index is 0.0352. The number of carbonyl (C=O) groups excluding carboxylic acids is 1. The van der Waals surface area contributed by atoms with E-state index in [1.165, 1.54) is 27.9 Å². The zero-order chi connectivity index (χ0) is 24.9. The number of anilines is 2. The second-order valence-electron chi connectivity index (χ2n) is 9.84. The molecule has 1 amide bonds. The molecule has 0 spiro atoms. The van der Waals surface area contributed by atoms with Crippen molar-refractivity contribution >= 4 is 39.9 Å². The molecule has 1 aliphatic carbocycles. The largest absolute Gasteiger partial charge is 0.382 e. The van der Waals surface area contributed by atoms with Crippen LogP contribution in [0.15, 0.2) is 42.3 Å². The number of benzene rings is 1. The SMILES string of the molecule is CCc1cc(-c2cccs2)cc(N2CCC(N)(C(=O)NC3CC3)C2)c1Cn1cnc2c(N)ncnc21. The molecule has 1 atom stereocenters. The third kappa shape index (κ3) is 4.10. The number of carbonyl (C=O) groups is 1. The molecule has 1 saturated carbocycles. The molecule has 2 fully saturated rings.